The molecule has 0 saturated carbocycles. The summed E-state index contributed by atoms with van der Waals surface area (Å²) in [6, 6.07) is 7.18. The van der Waals surface area contributed by atoms with Crippen molar-refractivity contribution in [1.29, 1.82) is 0 Å². The van der Waals surface area contributed by atoms with Crippen molar-refractivity contribution < 1.29 is 29.3 Å². The molecule has 0 bridgehead atoms. The molecule has 8 heteroatoms. The van der Waals surface area contributed by atoms with Crippen LogP contribution in [-0.2, 0) is 16.0 Å². The fourth-order valence-electron chi connectivity index (χ4n) is 3.87. The highest BCUT2D eigenvalue weighted by Crippen LogP contribution is 2.32. The third-order valence-electron chi connectivity index (χ3n) is 6.45. The Morgan fingerprint density at radius 3 is 2.39 bits per heavy atom. The quantitative estimate of drug-likeness (QED) is 0.356. The maximum atomic E-state index is 12.7. The topological polar surface area (TPSA) is 105 Å². The van der Waals surface area contributed by atoms with Crippen molar-refractivity contribution in [2.24, 2.45) is 5.41 Å². The van der Waals surface area contributed by atoms with Gasteiger partial charge in [0.15, 0.2) is 6.04 Å². The van der Waals surface area contributed by atoms with Gasteiger partial charge in [-0.1, -0.05) is 39.8 Å². The van der Waals surface area contributed by atoms with E-state index in [1.807, 2.05) is 46.8 Å². The molecular formula is C28H41NO6S. The number of aliphatic hydroxyl groups is 2. The number of amides is 1. The molecule has 3 unspecified atom stereocenters. The minimum Gasteiger partial charge on any atom is -0.491 e. The van der Waals surface area contributed by atoms with Gasteiger partial charge in [0.1, 0.15) is 12.4 Å². The van der Waals surface area contributed by atoms with Crippen LogP contribution in [0.25, 0.3) is 0 Å². The van der Waals surface area contributed by atoms with Crippen molar-refractivity contribution in [3.63, 3.8) is 0 Å². The van der Waals surface area contributed by atoms with Gasteiger partial charge in [-0.15, -0.1) is 11.3 Å². The summed E-state index contributed by atoms with van der Waals surface area (Å²) in [7, 11) is 1.22. The summed E-state index contributed by atoms with van der Waals surface area (Å²) in [5.74, 6) is 0.0801. The number of ether oxygens (including phenoxy) is 2. The van der Waals surface area contributed by atoms with Crippen LogP contribution in [-0.4, -0.2) is 54.6 Å². The molecule has 0 aliphatic rings. The number of aliphatic hydroxyl groups excluding tert-OH is 2. The van der Waals surface area contributed by atoms with Gasteiger partial charge in [0, 0.05) is 4.88 Å². The van der Waals surface area contributed by atoms with Gasteiger partial charge in [0.25, 0.3) is 5.91 Å². The number of methoxy groups -OCH3 is 1. The Hall–Kier alpha value is -2.42. The van der Waals surface area contributed by atoms with Crippen molar-refractivity contribution in [2.45, 2.75) is 78.9 Å². The van der Waals surface area contributed by atoms with Crippen LogP contribution in [0.4, 0.5) is 0 Å². The minimum absolute atomic E-state index is 0.232. The van der Waals surface area contributed by atoms with Gasteiger partial charge in [-0.05, 0) is 73.3 Å². The lowest BCUT2D eigenvalue weighted by atomic mass is 9.89. The van der Waals surface area contributed by atoms with Crippen LogP contribution in [0.1, 0.15) is 77.7 Å². The van der Waals surface area contributed by atoms with Crippen LogP contribution < -0.4 is 10.1 Å². The molecule has 1 heterocycles. The second-order valence-electron chi connectivity index (χ2n) is 10.3. The molecule has 36 heavy (non-hydrogen) atoms. The zero-order valence-electron chi connectivity index (χ0n) is 22.5. The van der Waals surface area contributed by atoms with Gasteiger partial charge in [0.2, 0.25) is 0 Å². The number of benzene rings is 1. The number of esters is 1. The molecule has 2 rings (SSSR count). The number of carbonyl (C=O) groups excluding carboxylic acids is 2. The number of hydrogen-bond acceptors (Lipinski definition) is 7. The third kappa shape index (κ3) is 8.05. The van der Waals surface area contributed by atoms with Crippen LogP contribution in [0.5, 0.6) is 5.75 Å². The fraction of sp³-hybridized carbons (Fsp3) is 0.571. The van der Waals surface area contributed by atoms with E-state index in [9.17, 15) is 19.8 Å². The predicted molar refractivity (Wildman–Crippen MR) is 143 cm³/mol. The summed E-state index contributed by atoms with van der Waals surface area (Å²) in [4.78, 5) is 26.0. The molecule has 1 amide bonds. The first-order valence-corrected chi connectivity index (χ1v) is 13.2. The summed E-state index contributed by atoms with van der Waals surface area (Å²) in [6.07, 6.45) is 2.20. The summed E-state index contributed by atoms with van der Waals surface area (Å²) in [5.41, 5.74) is 2.90. The second kappa shape index (κ2) is 13.2. The van der Waals surface area contributed by atoms with Crippen molar-refractivity contribution >= 4 is 23.2 Å². The van der Waals surface area contributed by atoms with E-state index in [1.165, 1.54) is 24.0 Å². The Labute approximate surface area is 218 Å². The molecule has 1 aromatic carbocycles. The van der Waals surface area contributed by atoms with E-state index in [0.717, 1.165) is 41.0 Å². The zero-order valence-corrected chi connectivity index (χ0v) is 23.3. The number of thiophene rings is 1. The van der Waals surface area contributed by atoms with Gasteiger partial charge in [-0.2, -0.15) is 0 Å². The predicted octanol–water partition coefficient (Wildman–Crippen LogP) is 4.54. The minimum atomic E-state index is -1.08. The molecule has 3 atom stereocenters. The third-order valence-corrected chi connectivity index (χ3v) is 7.74. The van der Waals surface area contributed by atoms with Crippen LogP contribution in [0.2, 0.25) is 0 Å². The zero-order chi connectivity index (χ0) is 27.0. The van der Waals surface area contributed by atoms with E-state index in [-0.39, 0.29) is 17.9 Å². The van der Waals surface area contributed by atoms with E-state index in [1.54, 1.807) is 0 Å². The average Bonchev–Trinajstić information content (AvgIpc) is 3.21. The van der Waals surface area contributed by atoms with E-state index >= 15 is 0 Å². The van der Waals surface area contributed by atoms with Gasteiger partial charge in [-0.25, -0.2) is 4.79 Å². The molecule has 0 radical (unpaired) electrons. The molecule has 0 aliphatic carbocycles. The van der Waals surface area contributed by atoms with Crippen molar-refractivity contribution in [3.05, 3.63) is 50.7 Å². The Morgan fingerprint density at radius 2 is 1.83 bits per heavy atom. The van der Waals surface area contributed by atoms with E-state index in [4.69, 9.17) is 4.74 Å². The largest absolute Gasteiger partial charge is 0.491 e. The maximum Gasteiger partial charge on any atom is 0.330 e. The average molecular weight is 520 g/mol. The summed E-state index contributed by atoms with van der Waals surface area (Å²) in [6.45, 7) is 11.8. The van der Waals surface area contributed by atoms with Crippen LogP contribution in [0, 0.1) is 19.3 Å². The highest BCUT2D eigenvalue weighted by atomic mass is 32.1. The first-order valence-electron chi connectivity index (χ1n) is 12.4. The molecule has 0 saturated heterocycles. The summed E-state index contributed by atoms with van der Waals surface area (Å²) >= 11 is 1.41. The monoisotopic (exact) mass is 519 g/mol. The summed E-state index contributed by atoms with van der Waals surface area (Å²) < 4.78 is 10.5. The maximum absolute atomic E-state index is 12.7. The molecule has 1 aromatic heterocycles. The van der Waals surface area contributed by atoms with E-state index in [0.29, 0.717) is 10.8 Å². The highest BCUT2D eigenvalue weighted by molar-refractivity contribution is 7.14. The normalized spacial score (nSPS) is 14.1. The van der Waals surface area contributed by atoms with Crippen molar-refractivity contribution in [3.8, 4) is 5.75 Å². The number of carbonyl (C=O) groups is 2. The highest BCUT2D eigenvalue weighted by Gasteiger charge is 2.24. The molecule has 7 nitrogen and oxygen atoms in total. The second-order valence-corrected chi connectivity index (χ2v) is 11.5. The smallest absolute Gasteiger partial charge is 0.330 e. The van der Waals surface area contributed by atoms with Gasteiger partial charge < -0.3 is 25.0 Å². The first-order chi connectivity index (χ1) is 16.9. The Morgan fingerprint density at radius 1 is 1.14 bits per heavy atom. The van der Waals surface area contributed by atoms with Crippen LogP contribution in [0.15, 0.2) is 24.3 Å². The SMILES string of the molecule is CCC(CCc1cc(C)c(C(=O)NC(CO)C(=O)OC)s1)c1ccc(OCC(O)C(C)(C)C)c(C)c1. The van der Waals surface area contributed by atoms with Gasteiger partial charge in [-0.3, -0.25) is 4.79 Å². The number of aryl methyl sites for hydroxylation is 3. The fourth-order valence-corrected chi connectivity index (χ4v) is 4.96. The first kappa shape index (κ1) is 29.8. The lowest BCUT2D eigenvalue weighted by molar-refractivity contribution is -0.143. The number of hydrogen-bond donors (Lipinski definition) is 3. The van der Waals surface area contributed by atoms with Crippen molar-refractivity contribution in [1.82, 2.24) is 5.32 Å². The van der Waals surface area contributed by atoms with E-state index < -0.39 is 24.7 Å². The van der Waals surface area contributed by atoms with E-state index in [2.05, 4.69) is 29.1 Å². The van der Waals surface area contributed by atoms with Crippen molar-refractivity contribution in [2.75, 3.05) is 20.3 Å². The standard InChI is InChI=1S/C28H41NO6S/c1-8-19(20-10-12-23(17(2)13-20)35-16-24(31)28(4,5)6)9-11-21-14-18(3)25(36-21)26(32)29-22(15-30)27(33)34-7/h10,12-14,19,22,24,30-31H,8-9,11,15-16H2,1-7H3,(H,29,32). The lowest BCUT2D eigenvalue weighted by Crippen LogP contribution is -2.43. The van der Waals surface area contributed by atoms with Crippen LogP contribution >= 0.6 is 11.3 Å². The molecule has 200 valence electrons. The Kier molecular flexibility index (Phi) is 10.9. The molecule has 3 N–H and O–H groups in total. The Balaban J connectivity index is 2.03. The molecule has 0 spiro atoms. The molecule has 0 aliphatic heterocycles. The molecule has 2 aromatic rings. The van der Waals surface area contributed by atoms with Gasteiger partial charge >= 0.3 is 5.97 Å². The Bertz CT molecular complexity index is 1030. The number of nitrogens with one attached hydrogen (secondary N) is 1. The molecule has 0 fully saturated rings. The van der Waals surface area contributed by atoms with Gasteiger partial charge in [0.05, 0.1) is 24.7 Å². The lowest BCUT2D eigenvalue weighted by Gasteiger charge is -2.26. The van der Waals surface area contributed by atoms with Crippen LogP contribution in [0.3, 0.4) is 0 Å². The molecular weight excluding hydrogens is 478 g/mol. The summed E-state index contributed by atoms with van der Waals surface area (Å²) in [5, 5.41) is 22.2. The number of rotatable bonds is 12.